The SMILES string of the molecule is CCc1cc(O)ccc1-c1ccc2c(-c3ncc(C4=CCN(C[C@@H]5COCCN5C(=O)OC(C)(C)C)CC4)[nH]3)n[nH]c2c1. The number of phenolic OH excluding ortho intramolecular Hbond substituents is 1. The number of phenols is 1. The summed E-state index contributed by atoms with van der Waals surface area (Å²) in [5, 5.41) is 18.7. The van der Waals surface area contributed by atoms with E-state index in [1.807, 2.05) is 44.0 Å². The van der Waals surface area contributed by atoms with Crippen molar-refractivity contribution in [2.45, 2.75) is 52.2 Å². The lowest BCUT2D eigenvalue weighted by Crippen LogP contribution is -2.55. The molecule has 1 fully saturated rings. The van der Waals surface area contributed by atoms with Crippen molar-refractivity contribution >= 4 is 22.6 Å². The van der Waals surface area contributed by atoms with Crippen LogP contribution in [-0.2, 0) is 15.9 Å². The molecule has 43 heavy (non-hydrogen) atoms. The van der Waals surface area contributed by atoms with Crippen LogP contribution in [-0.4, -0.2) is 92.2 Å². The lowest BCUT2D eigenvalue weighted by Gasteiger charge is -2.39. The predicted molar refractivity (Wildman–Crippen MR) is 167 cm³/mol. The summed E-state index contributed by atoms with van der Waals surface area (Å²) in [6.07, 6.45) is 5.55. The van der Waals surface area contributed by atoms with Gasteiger partial charge in [0.05, 0.1) is 36.7 Å². The van der Waals surface area contributed by atoms with Crippen molar-refractivity contribution in [3.05, 3.63) is 59.9 Å². The molecule has 1 amide bonds. The summed E-state index contributed by atoms with van der Waals surface area (Å²) >= 11 is 0. The van der Waals surface area contributed by atoms with E-state index in [9.17, 15) is 9.90 Å². The van der Waals surface area contributed by atoms with Crippen LogP contribution in [0.15, 0.2) is 48.7 Å². The molecule has 0 aliphatic carbocycles. The minimum atomic E-state index is -0.525. The number of aromatic amines is 2. The number of carbonyl (C=O) groups excluding carboxylic acids is 1. The molecule has 226 valence electrons. The fourth-order valence-electron chi connectivity index (χ4n) is 5.91. The highest BCUT2D eigenvalue weighted by Crippen LogP contribution is 2.33. The number of ether oxygens (including phenoxy) is 2. The zero-order chi connectivity index (χ0) is 30.1. The molecule has 4 heterocycles. The highest BCUT2D eigenvalue weighted by atomic mass is 16.6. The highest BCUT2D eigenvalue weighted by Gasteiger charge is 2.32. The number of nitrogens with one attached hydrogen (secondary N) is 2. The number of rotatable bonds is 6. The Hall–Kier alpha value is -4.15. The second-order valence-electron chi connectivity index (χ2n) is 12.3. The molecule has 6 rings (SSSR count). The second kappa shape index (κ2) is 11.9. The number of carbonyl (C=O) groups is 1. The van der Waals surface area contributed by atoms with Gasteiger partial charge in [-0.05, 0) is 80.1 Å². The van der Waals surface area contributed by atoms with Crippen molar-refractivity contribution in [3.8, 4) is 28.4 Å². The van der Waals surface area contributed by atoms with Gasteiger partial charge in [0, 0.05) is 31.6 Å². The average molecular weight is 585 g/mol. The lowest BCUT2D eigenvalue weighted by molar-refractivity contribution is -0.0388. The van der Waals surface area contributed by atoms with E-state index >= 15 is 0 Å². The van der Waals surface area contributed by atoms with Crippen molar-refractivity contribution in [1.29, 1.82) is 0 Å². The Morgan fingerprint density at radius 2 is 2.05 bits per heavy atom. The van der Waals surface area contributed by atoms with Crippen LogP contribution in [0.4, 0.5) is 4.79 Å². The van der Waals surface area contributed by atoms with Gasteiger partial charge in [-0.1, -0.05) is 25.1 Å². The molecular formula is C33H40N6O4. The number of benzene rings is 2. The van der Waals surface area contributed by atoms with Gasteiger partial charge in [0.25, 0.3) is 0 Å². The molecule has 2 aliphatic heterocycles. The van der Waals surface area contributed by atoms with Crippen LogP contribution in [0.1, 0.15) is 45.4 Å². The zero-order valence-electron chi connectivity index (χ0n) is 25.3. The first-order valence-corrected chi connectivity index (χ1v) is 15.0. The minimum absolute atomic E-state index is 0.0339. The van der Waals surface area contributed by atoms with Crippen LogP contribution in [0.5, 0.6) is 5.75 Å². The number of fused-ring (bicyclic) bond motifs is 1. The van der Waals surface area contributed by atoms with Crippen LogP contribution >= 0.6 is 0 Å². The summed E-state index contributed by atoms with van der Waals surface area (Å²) in [5.41, 5.74) is 6.68. The summed E-state index contributed by atoms with van der Waals surface area (Å²) in [6.45, 7) is 11.8. The first-order valence-electron chi connectivity index (χ1n) is 15.0. The van der Waals surface area contributed by atoms with Gasteiger partial charge in [-0.2, -0.15) is 5.10 Å². The maximum absolute atomic E-state index is 12.8. The molecule has 10 nitrogen and oxygen atoms in total. The summed E-state index contributed by atoms with van der Waals surface area (Å²) < 4.78 is 11.4. The fourth-order valence-corrected chi connectivity index (χ4v) is 5.91. The Kier molecular flexibility index (Phi) is 7.98. The Morgan fingerprint density at radius 3 is 2.81 bits per heavy atom. The molecule has 0 unspecified atom stereocenters. The quantitative estimate of drug-likeness (QED) is 0.269. The number of nitrogens with zero attached hydrogens (tertiary/aromatic N) is 4. The van der Waals surface area contributed by atoms with Crippen LogP contribution in [0.25, 0.3) is 39.1 Å². The van der Waals surface area contributed by atoms with Crippen molar-refractivity contribution in [3.63, 3.8) is 0 Å². The van der Waals surface area contributed by atoms with E-state index < -0.39 is 5.60 Å². The Bertz CT molecular complexity index is 1650. The summed E-state index contributed by atoms with van der Waals surface area (Å²) in [5.74, 6) is 1.01. The first kappa shape index (κ1) is 28.9. The molecule has 4 aromatic rings. The van der Waals surface area contributed by atoms with E-state index in [2.05, 4.69) is 56.3 Å². The summed E-state index contributed by atoms with van der Waals surface area (Å²) in [4.78, 5) is 25.1. The molecule has 10 heteroatoms. The lowest BCUT2D eigenvalue weighted by atomic mass is 9.97. The van der Waals surface area contributed by atoms with Crippen LogP contribution in [0.3, 0.4) is 0 Å². The van der Waals surface area contributed by atoms with E-state index in [0.717, 1.165) is 77.3 Å². The molecule has 2 aromatic carbocycles. The monoisotopic (exact) mass is 584 g/mol. The van der Waals surface area contributed by atoms with Crippen LogP contribution in [0, 0.1) is 0 Å². The van der Waals surface area contributed by atoms with Gasteiger partial charge < -0.3 is 19.6 Å². The predicted octanol–water partition coefficient (Wildman–Crippen LogP) is 5.61. The number of amides is 1. The van der Waals surface area contributed by atoms with E-state index in [4.69, 9.17) is 9.47 Å². The number of aryl methyl sites for hydroxylation is 1. The molecule has 2 aromatic heterocycles. The van der Waals surface area contributed by atoms with Gasteiger partial charge in [0.15, 0.2) is 5.82 Å². The minimum Gasteiger partial charge on any atom is -0.508 e. The highest BCUT2D eigenvalue weighted by molar-refractivity contribution is 5.94. The standard InChI is InChI=1S/C33H40N6O4/c1-5-21-16-25(40)7-9-26(21)23-6-8-27-28(17-23)36-37-30(27)31-34-18-29(35-31)22-10-12-38(13-11-22)19-24-20-42-15-14-39(24)32(41)43-33(2,3)4/h6-10,16-18,24,40H,5,11-15,19-20H2,1-4H3,(H,34,35)(H,36,37)/t24-/m1/s1. The summed E-state index contributed by atoms with van der Waals surface area (Å²) in [6, 6.07) is 11.7. The molecule has 0 bridgehead atoms. The van der Waals surface area contributed by atoms with Gasteiger partial charge in [-0.25, -0.2) is 9.78 Å². The number of aromatic nitrogens is 4. The number of hydrogen-bond acceptors (Lipinski definition) is 7. The Labute approximate surface area is 251 Å². The Balaban J connectivity index is 1.13. The third-order valence-electron chi connectivity index (χ3n) is 8.11. The summed E-state index contributed by atoms with van der Waals surface area (Å²) in [7, 11) is 0. The largest absolute Gasteiger partial charge is 0.508 e. The second-order valence-corrected chi connectivity index (χ2v) is 12.3. The topological polar surface area (TPSA) is 120 Å². The molecule has 3 N–H and O–H groups in total. The van der Waals surface area contributed by atoms with Gasteiger partial charge in [-0.3, -0.25) is 14.9 Å². The first-order chi connectivity index (χ1) is 20.7. The van der Waals surface area contributed by atoms with E-state index in [1.165, 1.54) is 5.57 Å². The maximum atomic E-state index is 12.8. The molecule has 1 atom stereocenters. The van der Waals surface area contributed by atoms with Crippen molar-refractivity contribution in [2.24, 2.45) is 0 Å². The fraction of sp³-hybridized carbons (Fsp3) is 0.424. The Morgan fingerprint density at radius 1 is 1.19 bits per heavy atom. The van der Waals surface area contributed by atoms with Crippen molar-refractivity contribution in [2.75, 3.05) is 39.4 Å². The van der Waals surface area contributed by atoms with E-state index in [-0.39, 0.29) is 17.9 Å². The average Bonchev–Trinajstić information content (AvgIpc) is 3.64. The molecule has 1 saturated heterocycles. The van der Waals surface area contributed by atoms with Gasteiger partial charge in [-0.15, -0.1) is 0 Å². The number of H-pyrrole nitrogens is 2. The molecule has 2 aliphatic rings. The normalized spacial score (nSPS) is 18.2. The third-order valence-corrected chi connectivity index (χ3v) is 8.11. The van der Waals surface area contributed by atoms with Crippen LogP contribution in [0.2, 0.25) is 0 Å². The van der Waals surface area contributed by atoms with E-state index in [1.54, 1.807) is 6.07 Å². The molecule has 0 saturated carbocycles. The smallest absolute Gasteiger partial charge is 0.410 e. The zero-order valence-corrected chi connectivity index (χ0v) is 25.3. The molecular weight excluding hydrogens is 544 g/mol. The number of morpholine rings is 1. The number of aromatic hydroxyl groups is 1. The number of imidazole rings is 1. The van der Waals surface area contributed by atoms with Crippen LogP contribution < -0.4 is 0 Å². The number of hydrogen-bond donors (Lipinski definition) is 3. The molecule has 0 radical (unpaired) electrons. The van der Waals surface area contributed by atoms with Crippen molar-refractivity contribution < 1.29 is 19.4 Å². The van der Waals surface area contributed by atoms with Gasteiger partial charge in [0.1, 0.15) is 17.0 Å². The van der Waals surface area contributed by atoms with Crippen molar-refractivity contribution in [1.82, 2.24) is 30.0 Å². The van der Waals surface area contributed by atoms with Gasteiger partial charge in [0.2, 0.25) is 0 Å². The third kappa shape index (κ3) is 6.30. The van der Waals surface area contributed by atoms with E-state index in [0.29, 0.717) is 19.8 Å². The maximum Gasteiger partial charge on any atom is 0.410 e. The molecule has 0 spiro atoms. The van der Waals surface area contributed by atoms with Gasteiger partial charge >= 0.3 is 6.09 Å².